The highest BCUT2D eigenvalue weighted by Crippen LogP contribution is 2.42. The van der Waals surface area contributed by atoms with Crippen molar-refractivity contribution in [2.24, 2.45) is 11.8 Å². The lowest BCUT2D eigenvalue weighted by molar-refractivity contribution is -0.145. The molecule has 12 heteroatoms. The van der Waals surface area contributed by atoms with E-state index in [1.165, 1.54) is 25.2 Å². The Morgan fingerprint density at radius 3 is 1.89 bits per heavy atom. The van der Waals surface area contributed by atoms with E-state index in [-0.39, 0.29) is 36.7 Å². The van der Waals surface area contributed by atoms with E-state index in [4.69, 9.17) is 29.2 Å². The number of fused-ring (bicyclic) bond motifs is 2. The summed E-state index contributed by atoms with van der Waals surface area (Å²) in [6.45, 7) is 3.82. The second-order valence-corrected chi connectivity index (χ2v) is 12.5. The monoisotopic (exact) mass is 625 g/mol. The molecule has 0 spiro atoms. The van der Waals surface area contributed by atoms with Crippen molar-refractivity contribution in [1.29, 1.82) is 0 Å². The van der Waals surface area contributed by atoms with Crippen LogP contribution >= 0.6 is 11.3 Å². The highest BCUT2D eigenvalue weighted by Gasteiger charge is 2.35. The number of methoxy groups -OCH3 is 2. The van der Waals surface area contributed by atoms with Gasteiger partial charge in [-0.05, 0) is 40.8 Å². The molecule has 44 heavy (non-hydrogen) atoms. The van der Waals surface area contributed by atoms with Crippen LogP contribution in [-0.2, 0) is 27.5 Å². The van der Waals surface area contributed by atoms with Crippen LogP contribution in [0.15, 0.2) is 30.3 Å². The van der Waals surface area contributed by atoms with Crippen LogP contribution < -0.4 is 18.9 Å². The van der Waals surface area contributed by atoms with Gasteiger partial charge in [-0.3, -0.25) is 19.2 Å². The van der Waals surface area contributed by atoms with Crippen LogP contribution in [-0.4, -0.2) is 65.2 Å². The molecule has 0 unspecified atom stereocenters. The maximum Gasteiger partial charge on any atom is 0.306 e. The van der Waals surface area contributed by atoms with E-state index in [0.29, 0.717) is 53.8 Å². The average molecular weight is 626 g/mol. The Morgan fingerprint density at radius 2 is 1.32 bits per heavy atom. The standard InChI is InChI=1S/C32H35NO10S/c1-16(31(36)37)5-23(34)29-10-18-7-26(25(41-4)13-28(18)44-29)42-21-11-22(12-21)43-27-9-20-15-33(14-19(20)8-24(27)40-3)30(35)6-17(2)32(38)39/h7-10,13,16-17,21-22H,5-6,11-12,14-15H2,1-4H3,(H,36,37)(H,38,39)/t16-,17-,21?,22?/m0/s1. The molecule has 0 saturated heterocycles. The van der Waals surface area contributed by atoms with Crippen molar-refractivity contribution in [3.05, 3.63) is 46.3 Å². The maximum atomic E-state index is 12.6. The predicted octanol–water partition coefficient (Wildman–Crippen LogP) is 5.15. The molecule has 2 atom stereocenters. The van der Waals surface area contributed by atoms with Crippen LogP contribution in [0.4, 0.5) is 0 Å². The van der Waals surface area contributed by atoms with E-state index >= 15 is 0 Å². The van der Waals surface area contributed by atoms with Gasteiger partial charge in [-0.2, -0.15) is 0 Å². The largest absolute Gasteiger partial charge is 0.493 e. The third kappa shape index (κ3) is 6.59. The van der Waals surface area contributed by atoms with Crippen LogP contribution in [0, 0.1) is 11.8 Å². The minimum absolute atomic E-state index is 0.0528. The van der Waals surface area contributed by atoms with Gasteiger partial charge in [0.2, 0.25) is 5.91 Å². The summed E-state index contributed by atoms with van der Waals surface area (Å²) in [4.78, 5) is 49.7. The third-order valence-corrected chi connectivity index (χ3v) is 9.23. The first-order valence-corrected chi connectivity index (χ1v) is 15.2. The van der Waals surface area contributed by atoms with Crippen molar-refractivity contribution < 1.29 is 48.3 Å². The number of hydrogen-bond donors (Lipinski definition) is 2. The second kappa shape index (κ2) is 12.7. The summed E-state index contributed by atoms with van der Waals surface area (Å²) in [5, 5.41) is 19.1. The lowest BCUT2D eigenvalue weighted by Gasteiger charge is -2.36. The van der Waals surface area contributed by atoms with E-state index in [0.717, 1.165) is 21.2 Å². The topological polar surface area (TPSA) is 149 Å². The van der Waals surface area contributed by atoms with E-state index in [9.17, 15) is 19.2 Å². The zero-order chi connectivity index (χ0) is 31.7. The van der Waals surface area contributed by atoms with E-state index in [1.807, 2.05) is 24.3 Å². The summed E-state index contributed by atoms with van der Waals surface area (Å²) in [5.41, 5.74) is 1.88. The van der Waals surface area contributed by atoms with Gasteiger partial charge in [0.25, 0.3) is 0 Å². The van der Waals surface area contributed by atoms with Gasteiger partial charge in [-0.1, -0.05) is 13.8 Å². The second-order valence-electron chi connectivity index (χ2n) is 11.4. The van der Waals surface area contributed by atoms with Gasteiger partial charge in [-0.25, -0.2) is 0 Å². The Bertz CT molecular complexity index is 1610. The van der Waals surface area contributed by atoms with Crippen molar-refractivity contribution in [2.75, 3.05) is 14.2 Å². The SMILES string of the molecule is COc1cc2c(cc1OC1CC(Oc3cc4cc(C(=O)C[C@H](C)C(=O)O)sc4cc3OC)C1)CN(C(=O)C[C@H](C)C(=O)O)C2. The maximum absolute atomic E-state index is 12.6. The fourth-order valence-electron chi connectivity index (χ4n) is 5.28. The summed E-state index contributed by atoms with van der Waals surface area (Å²) in [7, 11) is 3.11. The number of ketones is 1. The zero-order valence-electron chi connectivity index (χ0n) is 25.0. The summed E-state index contributed by atoms with van der Waals surface area (Å²) < 4.78 is 24.5. The van der Waals surface area contributed by atoms with E-state index in [2.05, 4.69) is 0 Å². The van der Waals surface area contributed by atoms with Gasteiger partial charge >= 0.3 is 11.9 Å². The van der Waals surface area contributed by atoms with Crippen molar-refractivity contribution in [1.82, 2.24) is 4.90 Å². The molecule has 3 aromatic rings. The van der Waals surface area contributed by atoms with Gasteiger partial charge in [0.05, 0.1) is 30.9 Å². The first-order chi connectivity index (χ1) is 20.9. The van der Waals surface area contributed by atoms with Crippen LogP contribution in [0.1, 0.15) is 60.3 Å². The quantitative estimate of drug-likeness (QED) is 0.244. The van der Waals surface area contributed by atoms with Crippen LogP contribution in [0.5, 0.6) is 23.0 Å². The fraction of sp³-hybridized carbons (Fsp3) is 0.438. The Hall–Kier alpha value is -4.32. The van der Waals surface area contributed by atoms with Gasteiger partial charge in [-0.15, -0.1) is 11.3 Å². The molecule has 1 amide bonds. The molecule has 1 aromatic heterocycles. The molecule has 5 rings (SSSR count). The molecular formula is C32H35NO10S. The summed E-state index contributed by atoms with van der Waals surface area (Å²) in [6, 6.07) is 9.18. The molecule has 1 aliphatic heterocycles. The van der Waals surface area contributed by atoms with Crippen molar-refractivity contribution in [3.63, 3.8) is 0 Å². The number of thiophene rings is 1. The molecule has 11 nitrogen and oxygen atoms in total. The Morgan fingerprint density at radius 1 is 0.795 bits per heavy atom. The number of carbonyl (C=O) groups is 4. The zero-order valence-corrected chi connectivity index (χ0v) is 25.8. The Labute approximate surface area is 258 Å². The highest BCUT2D eigenvalue weighted by atomic mass is 32.1. The molecule has 1 fully saturated rings. The van der Waals surface area contributed by atoms with E-state index < -0.39 is 23.8 Å². The summed E-state index contributed by atoms with van der Waals surface area (Å²) in [5.74, 6) is -1.69. The minimum atomic E-state index is -1.00. The fourth-order valence-corrected chi connectivity index (χ4v) is 6.30. The number of carbonyl (C=O) groups excluding carboxylic acids is 2. The number of ether oxygens (including phenoxy) is 4. The molecule has 1 saturated carbocycles. The molecule has 1 aliphatic carbocycles. The first kappa shape index (κ1) is 31.1. The van der Waals surface area contributed by atoms with Crippen LogP contribution in [0.2, 0.25) is 0 Å². The summed E-state index contributed by atoms with van der Waals surface area (Å²) >= 11 is 1.30. The highest BCUT2D eigenvalue weighted by molar-refractivity contribution is 7.20. The van der Waals surface area contributed by atoms with Gasteiger partial charge < -0.3 is 34.1 Å². The third-order valence-electron chi connectivity index (χ3n) is 8.09. The Balaban J connectivity index is 1.21. The molecule has 0 radical (unpaired) electrons. The lowest BCUT2D eigenvalue weighted by atomic mass is 9.91. The van der Waals surface area contributed by atoms with Gasteiger partial charge in [0, 0.05) is 49.5 Å². The Kier molecular flexibility index (Phi) is 9.00. The van der Waals surface area contributed by atoms with Crippen LogP contribution in [0.25, 0.3) is 10.1 Å². The lowest BCUT2D eigenvalue weighted by Crippen LogP contribution is -2.41. The van der Waals surface area contributed by atoms with Gasteiger partial charge in [0.15, 0.2) is 28.8 Å². The van der Waals surface area contributed by atoms with Crippen molar-refractivity contribution >= 4 is 45.1 Å². The number of carboxylic acids is 2. The first-order valence-electron chi connectivity index (χ1n) is 14.4. The number of amides is 1. The summed E-state index contributed by atoms with van der Waals surface area (Å²) in [6.07, 6.45) is 0.900. The van der Waals surface area contributed by atoms with Crippen LogP contribution in [0.3, 0.4) is 0 Å². The molecule has 2 N–H and O–H groups in total. The molecule has 2 aliphatic rings. The van der Waals surface area contributed by atoms with E-state index in [1.54, 1.807) is 25.2 Å². The molecule has 2 heterocycles. The number of hydrogen-bond acceptors (Lipinski definition) is 9. The predicted molar refractivity (Wildman–Crippen MR) is 161 cm³/mol. The smallest absolute Gasteiger partial charge is 0.306 e. The average Bonchev–Trinajstić information content (AvgIpc) is 3.58. The number of rotatable bonds is 13. The molecular weight excluding hydrogens is 590 g/mol. The number of nitrogens with zero attached hydrogens (tertiary/aromatic N) is 1. The van der Waals surface area contributed by atoms with Crippen molar-refractivity contribution in [2.45, 2.75) is 64.8 Å². The molecule has 234 valence electrons. The van der Waals surface area contributed by atoms with Crippen molar-refractivity contribution in [3.8, 4) is 23.0 Å². The number of benzene rings is 2. The van der Waals surface area contributed by atoms with Gasteiger partial charge in [0.1, 0.15) is 12.2 Å². The number of Topliss-reactive ketones (excluding diaryl/α,β-unsaturated/α-hetero) is 1. The molecule has 2 aromatic carbocycles. The number of aliphatic carboxylic acids is 2. The minimum Gasteiger partial charge on any atom is -0.493 e. The normalized spacial score (nSPS) is 18.6. The number of carboxylic acid groups (broad SMARTS) is 2. The molecule has 0 bridgehead atoms.